The number of esters is 1. The van der Waals surface area contributed by atoms with Crippen LogP contribution in [-0.4, -0.2) is 32.4 Å². The van der Waals surface area contributed by atoms with Crippen molar-refractivity contribution in [3.05, 3.63) is 57.7 Å². The van der Waals surface area contributed by atoms with Crippen LogP contribution < -0.4 is 0 Å². The Hall–Kier alpha value is -2.72. The Kier molecular flexibility index (Phi) is 5.80. The molecule has 0 fully saturated rings. The summed E-state index contributed by atoms with van der Waals surface area (Å²) in [6.45, 7) is 1.72. The molecule has 0 unspecified atom stereocenters. The zero-order valence-corrected chi connectivity index (χ0v) is 15.5. The molecular weight excluding hydrogens is 395 g/mol. The number of halogens is 3. The van der Waals surface area contributed by atoms with Crippen LogP contribution in [0.5, 0.6) is 0 Å². The summed E-state index contributed by atoms with van der Waals surface area (Å²) in [5, 5.41) is 15.6. The Morgan fingerprint density at radius 1 is 1.32 bits per heavy atom. The van der Waals surface area contributed by atoms with Crippen LogP contribution in [0.15, 0.2) is 36.0 Å². The van der Waals surface area contributed by atoms with Crippen LogP contribution in [0, 0.1) is 0 Å². The van der Waals surface area contributed by atoms with Crippen molar-refractivity contribution >= 4 is 17.3 Å². The predicted octanol–water partition coefficient (Wildman–Crippen LogP) is 3.74. The molecule has 10 heteroatoms. The van der Waals surface area contributed by atoms with Gasteiger partial charge >= 0.3 is 12.1 Å². The van der Waals surface area contributed by atoms with Gasteiger partial charge in [-0.15, -0.1) is 11.3 Å². The molecule has 1 N–H and O–H groups in total. The van der Waals surface area contributed by atoms with Gasteiger partial charge in [0, 0.05) is 17.1 Å². The molecule has 28 heavy (non-hydrogen) atoms. The lowest BCUT2D eigenvalue weighted by Crippen LogP contribution is -2.06. The fourth-order valence-corrected chi connectivity index (χ4v) is 3.31. The van der Waals surface area contributed by atoms with E-state index in [1.165, 1.54) is 34.5 Å². The van der Waals surface area contributed by atoms with Gasteiger partial charge in [0.1, 0.15) is 5.01 Å². The molecule has 0 aliphatic rings. The second kappa shape index (κ2) is 8.11. The Labute approximate surface area is 162 Å². The van der Waals surface area contributed by atoms with Crippen LogP contribution in [-0.2, 0) is 24.1 Å². The van der Waals surface area contributed by atoms with Gasteiger partial charge in [0.05, 0.1) is 42.8 Å². The number of alkyl halides is 3. The first kappa shape index (κ1) is 20.0. The first-order valence-corrected chi connectivity index (χ1v) is 9.14. The molecule has 1 aromatic carbocycles. The van der Waals surface area contributed by atoms with Gasteiger partial charge in [-0.3, -0.25) is 4.68 Å². The van der Waals surface area contributed by atoms with Crippen molar-refractivity contribution in [1.82, 2.24) is 14.8 Å². The quantitative estimate of drug-likeness (QED) is 0.626. The topological polar surface area (TPSA) is 77.2 Å². The number of aliphatic hydroxyl groups excluding tert-OH is 1. The van der Waals surface area contributed by atoms with Crippen molar-refractivity contribution in [2.45, 2.75) is 26.3 Å². The lowest BCUT2D eigenvalue weighted by atomic mass is 10.0. The van der Waals surface area contributed by atoms with Gasteiger partial charge in [-0.2, -0.15) is 18.3 Å². The average molecular weight is 411 g/mol. The van der Waals surface area contributed by atoms with Crippen molar-refractivity contribution in [1.29, 1.82) is 0 Å². The van der Waals surface area contributed by atoms with Crippen molar-refractivity contribution < 1.29 is 27.8 Å². The van der Waals surface area contributed by atoms with Crippen LogP contribution >= 0.6 is 11.3 Å². The van der Waals surface area contributed by atoms with Gasteiger partial charge in [-0.1, -0.05) is 0 Å². The number of hydrogen-bond donors (Lipinski definition) is 1. The molecule has 2 aromatic heterocycles. The van der Waals surface area contributed by atoms with Gasteiger partial charge in [-0.25, -0.2) is 9.78 Å². The maximum atomic E-state index is 13.1. The smallest absolute Gasteiger partial charge is 0.416 e. The zero-order chi connectivity index (χ0) is 20.3. The third-order valence-corrected chi connectivity index (χ3v) is 4.63. The number of carbonyl (C=O) groups is 1. The SMILES string of the molecule is CCOC(=O)c1cnn(Cc2nc(-c3cc(CO)cc(C(F)(F)F)c3)cs2)c1. The van der Waals surface area contributed by atoms with E-state index in [-0.39, 0.29) is 24.3 Å². The number of rotatable bonds is 6. The number of thiazole rings is 1. The van der Waals surface area contributed by atoms with Crippen LogP contribution in [0.1, 0.15) is 33.4 Å². The van der Waals surface area contributed by atoms with E-state index < -0.39 is 24.3 Å². The molecule has 3 rings (SSSR count). The maximum absolute atomic E-state index is 13.1. The Balaban J connectivity index is 1.82. The molecular formula is C18H16F3N3O3S. The van der Waals surface area contributed by atoms with Crippen LogP contribution in [0.2, 0.25) is 0 Å². The molecule has 0 saturated heterocycles. The second-order valence-corrected chi connectivity index (χ2v) is 6.79. The monoisotopic (exact) mass is 411 g/mol. The van der Waals surface area contributed by atoms with E-state index in [0.717, 1.165) is 12.1 Å². The molecule has 2 heterocycles. The molecule has 0 aliphatic carbocycles. The van der Waals surface area contributed by atoms with E-state index in [2.05, 4.69) is 10.1 Å². The number of hydrogen-bond acceptors (Lipinski definition) is 6. The summed E-state index contributed by atoms with van der Waals surface area (Å²) in [6, 6.07) is 3.39. The van der Waals surface area contributed by atoms with E-state index in [1.54, 1.807) is 12.3 Å². The van der Waals surface area contributed by atoms with E-state index >= 15 is 0 Å². The van der Waals surface area contributed by atoms with Gasteiger partial charge in [0.2, 0.25) is 0 Å². The first-order chi connectivity index (χ1) is 13.3. The molecule has 0 aliphatic heterocycles. The third-order valence-electron chi connectivity index (χ3n) is 3.79. The lowest BCUT2D eigenvalue weighted by molar-refractivity contribution is -0.137. The molecule has 0 saturated carbocycles. The fourth-order valence-electron chi connectivity index (χ4n) is 2.52. The van der Waals surface area contributed by atoms with E-state index in [4.69, 9.17) is 4.74 Å². The summed E-state index contributed by atoms with van der Waals surface area (Å²) in [5.74, 6) is -0.478. The number of aromatic nitrogens is 3. The van der Waals surface area contributed by atoms with Crippen molar-refractivity contribution in [2.75, 3.05) is 6.61 Å². The van der Waals surface area contributed by atoms with Crippen molar-refractivity contribution in [3.63, 3.8) is 0 Å². The molecule has 0 radical (unpaired) electrons. The predicted molar refractivity (Wildman–Crippen MR) is 95.8 cm³/mol. The highest BCUT2D eigenvalue weighted by Crippen LogP contribution is 2.34. The largest absolute Gasteiger partial charge is 0.462 e. The number of benzene rings is 1. The Morgan fingerprint density at radius 2 is 2.11 bits per heavy atom. The van der Waals surface area contributed by atoms with Crippen LogP contribution in [0.4, 0.5) is 13.2 Å². The van der Waals surface area contributed by atoms with Gasteiger partial charge in [0.15, 0.2) is 0 Å². The molecule has 0 spiro atoms. The summed E-state index contributed by atoms with van der Waals surface area (Å²) >= 11 is 1.26. The standard InChI is InChI=1S/C18H16F3N3O3S/c1-2-27-17(26)13-6-22-24(7-13)8-16-23-15(10-28-16)12-3-11(9-25)4-14(5-12)18(19,20)21/h3-7,10,25H,2,8-9H2,1H3. The lowest BCUT2D eigenvalue weighted by Gasteiger charge is -2.10. The first-order valence-electron chi connectivity index (χ1n) is 8.26. The summed E-state index contributed by atoms with van der Waals surface area (Å²) < 4.78 is 45.6. The number of aliphatic hydroxyl groups is 1. The normalized spacial score (nSPS) is 11.6. The summed E-state index contributed by atoms with van der Waals surface area (Å²) in [4.78, 5) is 16.0. The summed E-state index contributed by atoms with van der Waals surface area (Å²) in [7, 11) is 0. The zero-order valence-electron chi connectivity index (χ0n) is 14.7. The second-order valence-electron chi connectivity index (χ2n) is 5.85. The highest BCUT2D eigenvalue weighted by molar-refractivity contribution is 7.09. The highest BCUT2D eigenvalue weighted by Gasteiger charge is 2.31. The molecule has 148 valence electrons. The maximum Gasteiger partial charge on any atom is 0.416 e. The Bertz CT molecular complexity index is 982. The minimum Gasteiger partial charge on any atom is -0.462 e. The minimum atomic E-state index is -4.52. The Morgan fingerprint density at radius 3 is 2.79 bits per heavy atom. The number of nitrogens with zero attached hydrogens (tertiary/aromatic N) is 3. The molecule has 0 bridgehead atoms. The minimum absolute atomic E-state index is 0.158. The molecule has 6 nitrogen and oxygen atoms in total. The van der Waals surface area contributed by atoms with Gasteiger partial charge in [-0.05, 0) is 30.7 Å². The third kappa shape index (κ3) is 4.57. The van der Waals surface area contributed by atoms with E-state index in [9.17, 15) is 23.1 Å². The highest BCUT2D eigenvalue weighted by atomic mass is 32.1. The summed E-state index contributed by atoms with van der Waals surface area (Å²) in [6.07, 6.45) is -1.61. The van der Waals surface area contributed by atoms with Crippen LogP contribution in [0.25, 0.3) is 11.3 Å². The number of ether oxygens (including phenoxy) is 1. The van der Waals surface area contributed by atoms with Crippen LogP contribution in [0.3, 0.4) is 0 Å². The molecule has 0 atom stereocenters. The van der Waals surface area contributed by atoms with Gasteiger partial charge < -0.3 is 9.84 Å². The summed E-state index contributed by atoms with van der Waals surface area (Å²) in [5.41, 5.74) is 0.275. The van der Waals surface area contributed by atoms with E-state index in [0.29, 0.717) is 16.3 Å². The van der Waals surface area contributed by atoms with Crippen molar-refractivity contribution in [3.8, 4) is 11.3 Å². The van der Waals surface area contributed by atoms with E-state index in [1.807, 2.05) is 0 Å². The average Bonchev–Trinajstić information content (AvgIpc) is 3.31. The fraction of sp³-hybridized carbons (Fsp3) is 0.278. The van der Waals surface area contributed by atoms with Gasteiger partial charge in [0.25, 0.3) is 0 Å². The number of carbonyl (C=O) groups excluding carboxylic acids is 1. The molecule has 3 aromatic rings. The van der Waals surface area contributed by atoms with Crippen molar-refractivity contribution in [2.24, 2.45) is 0 Å². The molecule has 0 amide bonds.